The van der Waals surface area contributed by atoms with Gasteiger partial charge in [0.25, 0.3) is 0 Å². The Morgan fingerprint density at radius 2 is 1.88 bits per heavy atom. The van der Waals surface area contributed by atoms with E-state index in [9.17, 15) is 4.79 Å². The van der Waals surface area contributed by atoms with Crippen LogP contribution in [0.4, 0.5) is 0 Å². The number of hydrogen-bond acceptors (Lipinski definition) is 3. The fourth-order valence-corrected chi connectivity index (χ4v) is 1.39. The Morgan fingerprint density at radius 1 is 1.35 bits per heavy atom. The molecule has 1 atom stereocenters. The number of rotatable bonds is 6. The van der Waals surface area contributed by atoms with Crippen LogP contribution < -0.4 is 11.5 Å². The molecule has 0 aliphatic heterocycles. The van der Waals surface area contributed by atoms with Gasteiger partial charge in [-0.2, -0.15) is 0 Å². The van der Waals surface area contributed by atoms with E-state index in [1.807, 2.05) is 6.92 Å². The molecule has 98 valence electrons. The van der Waals surface area contributed by atoms with Crippen LogP contribution in [-0.4, -0.2) is 29.0 Å². The molecule has 0 fully saturated rings. The molecule has 5 heteroatoms. The number of carbonyl (C=O) groups is 1. The lowest BCUT2D eigenvalue weighted by Gasteiger charge is -2.22. The molecule has 0 aromatic carbocycles. The minimum atomic E-state index is -1.29. The first kappa shape index (κ1) is 15.6. The van der Waals surface area contributed by atoms with Gasteiger partial charge in [-0.25, -0.2) is 4.79 Å². The molecule has 0 heterocycles. The third-order valence-corrected chi connectivity index (χ3v) is 2.93. The van der Waals surface area contributed by atoms with Crippen molar-refractivity contribution >= 4 is 11.8 Å². The third kappa shape index (κ3) is 4.99. The van der Waals surface area contributed by atoms with Gasteiger partial charge in [0.05, 0.1) is 5.84 Å². The zero-order valence-electron chi connectivity index (χ0n) is 11.1. The summed E-state index contributed by atoms with van der Waals surface area (Å²) in [5, 5.41) is 9.01. The molecule has 0 radical (unpaired) electrons. The molecule has 5 N–H and O–H groups in total. The summed E-state index contributed by atoms with van der Waals surface area (Å²) >= 11 is 0. The van der Waals surface area contributed by atoms with E-state index in [2.05, 4.69) is 4.99 Å². The molecule has 0 aromatic heterocycles. The fraction of sp³-hybridized carbons (Fsp3) is 0.667. The molecular weight excluding hydrogens is 218 g/mol. The van der Waals surface area contributed by atoms with E-state index >= 15 is 0 Å². The second-order valence-electron chi connectivity index (χ2n) is 4.54. The summed E-state index contributed by atoms with van der Waals surface area (Å²) in [5.41, 5.74) is 11.6. The number of amidine groups is 1. The molecule has 0 saturated carbocycles. The molecule has 0 aromatic rings. The summed E-state index contributed by atoms with van der Waals surface area (Å²) in [6, 6.07) is 0. The highest BCUT2D eigenvalue weighted by molar-refractivity contribution is 5.82. The summed E-state index contributed by atoms with van der Waals surface area (Å²) in [7, 11) is 0. The first-order valence-corrected chi connectivity index (χ1v) is 5.65. The molecule has 5 nitrogen and oxygen atoms in total. The fourth-order valence-electron chi connectivity index (χ4n) is 1.39. The van der Waals surface area contributed by atoms with Crippen molar-refractivity contribution in [3.05, 3.63) is 11.1 Å². The first-order valence-electron chi connectivity index (χ1n) is 5.65. The monoisotopic (exact) mass is 241 g/mol. The van der Waals surface area contributed by atoms with Gasteiger partial charge in [-0.05, 0) is 46.1 Å². The molecule has 0 rings (SSSR count). The lowest BCUT2D eigenvalue weighted by Crippen LogP contribution is -2.46. The van der Waals surface area contributed by atoms with Crippen molar-refractivity contribution in [2.75, 3.05) is 6.54 Å². The van der Waals surface area contributed by atoms with Crippen LogP contribution in [0.1, 0.15) is 40.5 Å². The lowest BCUT2D eigenvalue weighted by molar-refractivity contribution is -0.141. The Kier molecular flexibility index (Phi) is 5.88. The van der Waals surface area contributed by atoms with Crippen molar-refractivity contribution in [3.63, 3.8) is 0 Å². The Hall–Kier alpha value is -1.36. The zero-order chi connectivity index (χ0) is 13.6. The first-order chi connectivity index (χ1) is 7.69. The number of hydrogen-bond donors (Lipinski definition) is 3. The SMILES string of the molecule is CC(N)=NCCC/C(C)=C(/C)C(C)(N)C(=O)O. The maximum atomic E-state index is 11.0. The van der Waals surface area contributed by atoms with Gasteiger partial charge >= 0.3 is 5.97 Å². The second-order valence-corrected chi connectivity index (χ2v) is 4.54. The van der Waals surface area contributed by atoms with Crippen molar-refractivity contribution in [1.82, 2.24) is 0 Å². The number of nitrogens with zero attached hydrogens (tertiary/aromatic N) is 1. The molecule has 0 aliphatic rings. The zero-order valence-corrected chi connectivity index (χ0v) is 11.1. The quantitative estimate of drug-likeness (QED) is 0.282. The summed E-state index contributed by atoms with van der Waals surface area (Å²) < 4.78 is 0. The van der Waals surface area contributed by atoms with Gasteiger partial charge in [-0.1, -0.05) is 5.57 Å². The van der Waals surface area contributed by atoms with Gasteiger partial charge in [-0.3, -0.25) is 4.99 Å². The van der Waals surface area contributed by atoms with Crippen molar-refractivity contribution in [3.8, 4) is 0 Å². The smallest absolute Gasteiger partial charge is 0.327 e. The standard InChI is InChI=1S/C12H23N3O2/c1-8(6-5-7-15-10(3)13)9(2)12(4,14)11(16)17/h5-7,14H2,1-4H3,(H2,13,15)(H,16,17)/b9-8-. The van der Waals surface area contributed by atoms with E-state index in [4.69, 9.17) is 16.6 Å². The van der Waals surface area contributed by atoms with Gasteiger partial charge in [0.2, 0.25) is 0 Å². The minimum Gasteiger partial charge on any atom is -0.480 e. The van der Waals surface area contributed by atoms with E-state index in [-0.39, 0.29) is 0 Å². The Morgan fingerprint density at radius 3 is 2.29 bits per heavy atom. The Bertz CT molecular complexity index is 340. The van der Waals surface area contributed by atoms with E-state index in [0.717, 1.165) is 18.4 Å². The molecule has 0 saturated heterocycles. The van der Waals surface area contributed by atoms with Gasteiger partial charge in [0, 0.05) is 6.54 Å². The van der Waals surface area contributed by atoms with Crippen molar-refractivity contribution in [1.29, 1.82) is 0 Å². The third-order valence-electron chi connectivity index (χ3n) is 2.93. The maximum absolute atomic E-state index is 11.0. The highest BCUT2D eigenvalue weighted by Gasteiger charge is 2.30. The van der Waals surface area contributed by atoms with Crippen molar-refractivity contribution < 1.29 is 9.90 Å². The van der Waals surface area contributed by atoms with Crippen molar-refractivity contribution in [2.24, 2.45) is 16.5 Å². The predicted octanol–water partition coefficient (Wildman–Crippen LogP) is 1.28. The highest BCUT2D eigenvalue weighted by atomic mass is 16.4. The summed E-state index contributed by atoms with van der Waals surface area (Å²) in [6.45, 7) is 7.58. The topological polar surface area (TPSA) is 102 Å². The van der Waals surface area contributed by atoms with Crippen LogP contribution in [0.15, 0.2) is 16.1 Å². The Labute approximate surface area is 103 Å². The van der Waals surface area contributed by atoms with E-state index in [1.165, 1.54) is 6.92 Å². The molecule has 0 aliphatic carbocycles. The number of aliphatic carboxylic acids is 1. The van der Waals surface area contributed by atoms with E-state index in [0.29, 0.717) is 18.0 Å². The summed E-state index contributed by atoms with van der Waals surface area (Å²) in [4.78, 5) is 15.1. The molecule has 0 bridgehead atoms. The predicted molar refractivity (Wildman–Crippen MR) is 70.0 cm³/mol. The molecule has 0 spiro atoms. The Balaban J connectivity index is 4.51. The van der Waals surface area contributed by atoms with Gasteiger partial charge in [0.15, 0.2) is 0 Å². The van der Waals surface area contributed by atoms with Gasteiger partial charge in [-0.15, -0.1) is 0 Å². The average Bonchev–Trinajstić information content (AvgIpc) is 2.22. The number of carboxylic acid groups (broad SMARTS) is 1. The largest absolute Gasteiger partial charge is 0.480 e. The summed E-state index contributed by atoms with van der Waals surface area (Å²) in [5.74, 6) is -0.442. The molecule has 0 amide bonds. The highest BCUT2D eigenvalue weighted by Crippen LogP contribution is 2.20. The van der Waals surface area contributed by atoms with Gasteiger partial charge < -0.3 is 16.6 Å². The molecular formula is C12H23N3O2. The average molecular weight is 241 g/mol. The normalized spacial score (nSPS) is 17.4. The lowest BCUT2D eigenvalue weighted by atomic mass is 9.89. The molecule has 17 heavy (non-hydrogen) atoms. The van der Waals surface area contributed by atoms with Crippen LogP contribution >= 0.6 is 0 Å². The number of carboxylic acids is 1. The van der Waals surface area contributed by atoms with E-state index in [1.54, 1.807) is 13.8 Å². The van der Waals surface area contributed by atoms with Crippen LogP contribution in [-0.2, 0) is 4.79 Å². The van der Waals surface area contributed by atoms with Crippen molar-refractivity contribution in [2.45, 2.75) is 46.1 Å². The van der Waals surface area contributed by atoms with Crippen LogP contribution in [0.25, 0.3) is 0 Å². The van der Waals surface area contributed by atoms with E-state index < -0.39 is 11.5 Å². The van der Waals surface area contributed by atoms with Crippen LogP contribution in [0.3, 0.4) is 0 Å². The minimum absolute atomic E-state index is 0.567. The molecule has 1 unspecified atom stereocenters. The maximum Gasteiger partial charge on any atom is 0.327 e. The van der Waals surface area contributed by atoms with Gasteiger partial charge in [0.1, 0.15) is 5.54 Å². The number of aliphatic imine (C=N–C) groups is 1. The second kappa shape index (κ2) is 6.39. The number of allylic oxidation sites excluding steroid dienone is 1. The van der Waals surface area contributed by atoms with Crippen LogP contribution in [0, 0.1) is 0 Å². The van der Waals surface area contributed by atoms with Crippen LogP contribution in [0.5, 0.6) is 0 Å². The summed E-state index contributed by atoms with van der Waals surface area (Å²) in [6.07, 6.45) is 1.62. The van der Waals surface area contributed by atoms with Crippen LogP contribution in [0.2, 0.25) is 0 Å². The number of nitrogens with two attached hydrogens (primary N) is 2.